The first kappa shape index (κ1) is 21.1. The molecule has 2 amide bonds. The average molecular weight is 433 g/mol. The van der Waals surface area contributed by atoms with Gasteiger partial charge in [0, 0.05) is 36.1 Å². The molecule has 4 rings (SSSR count). The van der Waals surface area contributed by atoms with Gasteiger partial charge < -0.3 is 15.0 Å². The smallest absolute Gasteiger partial charge is 0.335 e. The summed E-state index contributed by atoms with van der Waals surface area (Å²) in [7, 11) is 0. The lowest BCUT2D eigenvalue weighted by Crippen LogP contribution is -2.52. The Kier molecular flexibility index (Phi) is 6.02. The van der Waals surface area contributed by atoms with Gasteiger partial charge in [0.1, 0.15) is 0 Å². The van der Waals surface area contributed by atoms with Crippen LogP contribution in [0.1, 0.15) is 32.3 Å². The van der Waals surface area contributed by atoms with Gasteiger partial charge in [-0.15, -0.1) is 0 Å². The number of benzene rings is 1. The monoisotopic (exact) mass is 432 g/mol. The molecule has 0 saturated carbocycles. The van der Waals surface area contributed by atoms with Crippen molar-refractivity contribution in [2.75, 3.05) is 19.8 Å². The number of carbonyl (C=O) groups is 1. The summed E-state index contributed by atoms with van der Waals surface area (Å²) in [5.74, 6) is 6.14. The van der Waals surface area contributed by atoms with Crippen LogP contribution >= 0.6 is 11.6 Å². The number of hydrazine groups is 1. The molecule has 1 unspecified atom stereocenters. The fourth-order valence-electron chi connectivity index (χ4n) is 4.15. The number of likely N-dealkylation sites (tertiary alicyclic amines) is 1. The molecule has 0 bridgehead atoms. The SMILES string of the molecule is CC1(C)C2=CNC(NC3CCOCC3)N=C2CN1C(=O)N(N)Cc1ccc(Cl)cc1. The highest BCUT2D eigenvalue weighted by Crippen LogP contribution is 2.34. The van der Waals surface area contributed by atoms with Gasteiger partial charge in [-0.1, -0.05) is 23.7 Å². The predicted molar refractivity (Wildman–Crippen MR) is 117 cm³/mol. The molecule has 0 aliphatic carbocycles. The molecule has 0 radical (unpaired) electrons. The van der Waals surface area contributed by atoms with Crippen molar-refractivity contribution < 1.29 is 9.53 Å². The second-order valence-electron chi connectivity index (χ2n) is 8.44. The van der Waals surface area contributed by atoms with Crippen molar-refractivity contribution in [1.82, 2.24) is 20.5 Å². The second-order valence-corrected chi connectivity index (χ2v) is 8.87. The highest BCUT2D eigenvalue weighted by Gasteiger charge is 2.46. The second kappa shape index (κ2) is 8.55. The number of nitrogens with zero attached hydrogens (tertiary/aromatic N) is 3. The Balaban J connectivity index is 1.43. The first-order chi connectivity index (χ1) is 14.3. The van der Waals surface area contributed by atoms with E-state index in [0.717, 1.165) is 42.9 Å². The zero-order valence-corrected chi connectivity index (χ0v) is 18.2. The molecule has 8 nitrogen and oxygen atoms in total. The van der Waals surface area contributed by atoms with Crippen LogP contribution in [0.4, 0.5) is 4.79 Å². The van der Waals surface area contributed by atoms with Crippen molar-refractivity contribution >= 4 is 23.3 Å². The molecule has 1 atom stereocenters. The lowest BCUT2D eigenvalue weighted by molar-refractivity contribution is 0.0743. The maximum absolute atomic E-state index is 13.1. The van der Waals surface area contributed by atoms with Gasteiger partial charge in [0.2, 0.25) is 0 Å². The standard InChI is InChI=1S/C21H29ClN6O2/c1-21(2)17-11-24-19(25-16-7-9-30-10-8-16)26-18(17)13-27(21)20(29)28(23)12-14-3-5-15(22)6-4-14/h3-6,11,16,19,24-25H,7-10,12-13,23H2,1-2H3. The van der Waals surface area contributed by atoms with E-state index in [1.165, 1.54) is 5.01 Å². The molecule has 4 N–H and O–H groups in total. The van der Waals surface area contributed by atoms with Gasteiger partial charge in [0.05, 0.1) is 24.3 Å². The summed E-state index contributed by atoms with van der Waals surface area (Å²) in [5.41, 5.74) is 2.34. The lowest BCUT2D eigenvalue weighted by Gasteiger charge is -2.35. The van der Waals surface area contributed by atoms with Crippen LogP contribution in [0.15, 0.2) is 41.0 Å². The zero-order valence-electron chi connectivity index (χ0n) is 17.4. The third-order valence-corrected chi connectivity index (χ3v) is 6.23. The average Bonchev–Trinajstić information content (AvgIpc) is 3.00. The van der Waals surface area contributed by atoms with Crippen molar-refractivity contribution in [3.05, 3.63) is 46.6 Å². The van der Waals surface area contributed by atoms with E-state index in [9.17, 15) is 4.79 Å². The van der Waals surface area contributed by atoms with Crippen LogP contribution in [0.5, 0.6) is 0 Å². The maximum Gasteiger partial charge on any atom is 0.335 e. The number of fused-ring (bicyclic) bond motifs is 1. The lowest BCUT2D eigenvalue weighted by atomic mass is 9.94. The van der Waals surface area contributed by atoms with Crippen LogP contribution in [0, 0.1) is 0 Å². The van der Waals surface area contributed by atoms with Crippen LogP contribution in [0.3, 0.4) is 0 Å². The Hall–Kier alpha value is -2.13. The number of hydrogen-bond donors (Lipinski definition) is 3. The molecule has 2 saturated heterocycles. The van der Waals surface area contributed by atoms with Gasteiger partial charge in [-0.2, -0.15) is 0 Å². The van der Waals surface area contributed by atoms with E-state index in [1.807, 2.05) is 32.2 Å². The summed E-state index contributed by atoms with van der Waals surface area (Å²) in [4.78, 5) is 19.7. The van der Waals surface area contributed by atoms with Crippen LogP contribution < -0.4 is 16.5 Å². The van der Waals surface area contributed by atoms with Crippen LogP contribution in [0.2, 0.25) is 5.02 Å². The molecule has 2 fully saturated rings. The minimum absolute atomic E-state index is 0.194. The Morgan fingerprint density at radius 3 is 2.77 bits per heavy atom. The summed E-state index contributed by atoms with van der Waals surface area (Å²) >= 11 is 5.94. The number of rotatable bonds is 4. The molecular weight excluding hydrogens is 404 g/mol. The van der Waals surface area contributed by atoms with Gasteiger partial charge in [-0.25, -0.2) is 15.6 Å². The van der Waals surface area contributed by atoms with E-state index in [2.05, 4.69) is 10.6 Å². The third-order valence-electron chi connectivity index (χ3n) is 5.98. The number of carbonyl (C=O) groups excluding carboxylic acids is 1. The van der Waals surface area contributed by atoms with E-state index in [1.54, 1.807) is 17.0 Å². The number of halogens is 1. The molecule has 0 spiro atoms. The molecule has 1 aromatic carbocycles. The Morgan fingerprint density at radius 1 is 1.37 bits per heavy atom. The minimum atomic E-state index is -0.510. The van der Waals surface area contributed by atoms with Crippen LogP contribution in [0.25, 0.3) is 0 Å². The first-order valence-electron chi connectivity index (χ1n) is 10.3. The number of urea groups is 1. The van der Waals surface area contributed by atoms with Crippen LogP contribution in [-0.4, -0.2) is 59.3 Å². The van der Waals surface area contributed by atoms with Gasteiger partial charge >= 0.3 is 6.03 Å². The summed E-state index contributed by atoms with van der Waals surface area (Å²) in [5, 5.41) is 8.76. The predicted octanol–water partition coefficient (Wildman–Crippen LogP) is 2.21. The Morgan fingerprint density at radius 2 is 2.07 bits per heavy atom. The Bertz CT molecular complexity index is 848. The van der Waals surface area contributed by atoms with E-state index < -0.39 is 5.54 Å². The van der Waals surface area contributed by atoms with Gasteiger partial charge in [-0.05, 0) is 44.4 Å². The molecule has 9 heteroatoms. The summed E-state index contributed by atoms with van der Waals surface area (Å²) in [6.07, 6.45) is 3.73. The van der Waals surface area contributed by atoms with Gasteiger partial charge in [-0.3, -0.25) is 10.3 Å². The number of nitrogens with two attached hydrogens (primary N) is 1. The molecule has 3 aliphatic rings. The van der Waals surface area contributed by atoms with E-state index in [-0.39, 0.29) is 12.3 Å². The summed E-state index contributed by atoms with van der Waals surface area (Å²) < 4.78 is 5.42. The summed E-state index contributed by atoms with van der Waals surface area (Å²) in [6, 6.07) is 7.46. The number of hydrogen-bond acceptors (Lipinski definition) is 6. The molecule has 1 aromatic rings. The van der Waals surface area contributed by atoms with Gasteiger partial charge in [0.25, 0.3) is 0 Å². The van der Waals surface area contributed by atoms with Crippen molar-refractivity contribution in [2.45, 2.75) is 51.1 Å². The first-order valence-corrected chi connectivity index (χ1v) is 10.7. The quantitative estimate of drug-likeness (QED) is 0.385. The molecular formula is C21H29ClN6O2. The zero-order chi connectivity index (χ0) is 21.3. The number of nitrogens with one attached hydrogen (secondary N) is 2. The Labute approximate surface area is 182 Å². The fraction of sp³-hybridized carbons (Fsp3) is 0.524. The normalized spacial score (nSPS) is 23.3. The molecule has 162 valence electrons. The van der Waals surface area contributed by atoms with Crippen molar-refractivity contribution in [3.8, 4) is 0 Å². The maximum atomic E-state index is 13.1. The fourth-order valence-corrected chi connectivity index (χ4v) is 4.27. The highest BCUT2D eigenvalue weighted by atomic mass is 35.5. The van der Waals surface area contributed by atoms with Crippen molar-refractivity contribution in [2.24, 2.45) is 10.8 Å². The van der Waals surface area contributed by atoms with E-state index in [0.29, 0.717) is 24.2 Å². The molecule has 0 aromatic heterocycles. The van der Waals surface area contributed by atoms with Gasteiger partial charge in [0.15, 0.2) is 6.29 Å². The third kappa shape index (κ3) is 4.32. The largest absolute Gasteiger partial charge is 0.381 e. The van der Waals surface area contributed by atoms with E-state index in [4.69, 9.17) is 27.2 Å². The summed E-state index contributed by atoms with van der Waals surface area (Å²) in [6.45, 7) is 6.32. The van der Waals surface area contributed by atoms with E-state index >= 15 is 0 Å². The number of aliphatic imine (C=N–C) groups is 1. The molecule has 3 heterocycles. The molecule has 30 heavy (non-hydrogen) atoms. The van der Waals surface area contributed by atoms with Crippen LogP contribution in [-0.2, 0) is 11.3 Å². The highest BCUT2D eigenvalue weighted by molar-refractivity contribution is 6.30. The number of ether oxygens (including phenoxy) is 1. The number of amides is 2. The van der Waals surface area contributed by atoms with Crippen molar-refractivity contribution in [3.63, 3.8) is 0 Å². The molecule has 3 aliphatic heterocycles. The topological polar surface area (TPSA) is 95.2 Å². The minimum Gasteiger partial charge on any atom is -0.381 e. The van der Waals surface area contributed by atoms with Crippen molar-refractivity contribution in [1.29, 1.82) is 0 Å².